The van der Waals surface area contributed by atoms with E-state index < -0.39 is 52.1 Å². The molecule has 10 nitrogen and oxygen atoms in total. The number of alkyl carbamates (subject to hydrolysis) is 1. The second-order valence-electron chi connectivity index (χ2n) is 8.74. The molecule has 3 N–H and O–H groups in total. The number of rotatable bonds is 11. The van der Waals surface area contributed by atoms with Gasteiger partial charge in [0.1, 0.15) is 11.6 Å². The molecule has 0 aliphatic rings. The van der Waals surface area contributed by atoms with Gasteiger partial charge in [-0.15, -0.1) is 0 Å². The number of amides is 1. The minimum Gasteiger partial charge on any atom is -0.481 e. The van der Waals surface area contributed by atoms with Crippen LogP contribution in [0, 0.1) is 5.92 Å². The van der Waals surface area contributed by atoms with Gasteiger partial charge in [0.25, 0.3) is 10.1 Å². The van der Waals surface area contributed by atoms with E-state index in [2.05, 4.69) is 5.32 Å². The fourth-order valence-corrected chi connectivity index (χ4v) is 4.17. The molecular formula is C23H29NO9S. The Bertz CT molecular complexity index is 1140. The van der Waals surface area contributed by atoms with E-state index in [4.69, 9.17) is 8.92 Å². The maximum absolute atomic E-state index is 12.5. The lowest BCUT2D eigenvalue weighted by molar-refractivity contribution is -0.144. The molecule has 0 saturated carbocycles. The van der Waals surface area contributed by atoms with Crippen molar-refractivity contribution in [2.24, 2.45) is 5.92 Å². The van der Waals surface area contributed by atoms with E-state index in [1.165, 1.54) is 12.1 Å². The third kappa shape index (κ3) is 8.31. The highest BCUT2D eigenvalue weighted by Crippen LogP contribution is 2.21. The van der Waals surface area contributed by atoms with Crippen molar-refractivity contribution in [1.82, 2.24) is 5.32 Å². The molecule has 0 fully saturated rings. The SMILES string of the molecule is CC(C)(C)OC(=O)N[C@@H](C[C@H](CCCOS(=O)(=O)c1ccc2ccccc2c1)C(=O)O)C(=O)O. The molecule has 0 heterocycles. The summed E-state index contributed by atoms with van der Waals surface area (Å²) in [4.78, 5) is 35.0. The van der Waals surface area contributed by atoms with Gasteiger partial charge < -0.3 is 20.3 Å². The Kier molecular flexibility index (Phi) is 9.00. The zero-order valence-corrected chi connectivity index (χ0v) is 20.0. The van der Waals surface area contributed by atoms with E-state index in [1.807, 2.05) is 12.1 Å². The van der Waals surface area contributed by atoms with E-state index in [0.717, 1.165) is 10.8 Å². The Labute approximate surface area is 198 Å². The number of hydrogen-bond acceptors (Lipinski definition) is 7. The van der Waals surface area contributed by atoms with Crippen molar-refractivity contribution in [3.8, 4) is 0 Å². The maximum Gasteiger partial charge on any atom is 0.408 e. The molecule has 0 spiro atoms. The Morgan fingerprint density at radius 3 is 2.24 bits per heavy atom. The van der Waals surface area contributed by atoms with Gasteiger partial charge in [-0.05, 0) is 62.9 Å². The zero-order valence-electron chi connectivity index (χ0n) is 19.2. The van der Waals surface area contributed by atoms with Gasteiger partial charge in [0.15, 0.2) is 0 Å². The number of carboxylic acids is 2. The van der Waals surface area contributed by atoms with Crippen molar-refractivity contribution in [3.63, 3.8) is 0 Å². The van der Waals surface area contributed by atoms with Gasteiger partial charge in [0, 0.05) is 0 Å². The van der Waals surface area contributed by atoms with E-state index in [9.17, 15) is 33.0 Å². The van der Waals surface area contributed by atoms with Crippen molar-refractivity contribution in [2.75, 3.05) is 6.61 Å². The van der Waals surface area contributed by atoms with Crippen LogP contribution in [0.3, 0.4) is 0 Å². The molecule has 2 rings (SSSR count). The predicted molar refractivity (Wildman–Crippen MR) is 123 cm³/mol. The number of fused-ring (bicyclic) bond motifs is 1. The van der Waals surface area contributed by atoms with Crippen LogP contribution in [-0.2, 0) is 28.6 Å². The standard InChI is InChI=1S/C23H29NO9S/c1-23(2,3)33-22(29)24-19(21(27)28)14-17(20(25)26)9-6-12-32-34(30,31)18-11-10-15-7-4-5-8-16(15)13-18/h4-5,7-8,10-11,13,17,19H,6,9,12,14H2,1-3H3,(H,24,29)(H,25,26)(H,27,28)/t17-,19-/m0/s1. The van der Waals surface area contributed by atoms with E-state index in [1.54, 1.807) is 39.0 Å². The van der Waals surface area contributed by atoms with Crippen LogP contribution in [0.2, 0.25) is 0 Å². The molecule has 0 aliphatic carbocycles. The fourth-order valence-electron chi connectivity index (χ4n) is 3.19. The van der Waals surface area contributed by atoms with Gasteiger partial charge in [-0.3, -0.25) is 8.98 Å². The third-order valence-corrected chi connectivity index (χ3v) is 6.11. The number of carbonyl (C=O) groups excluding carboxylic acids is 1. The first-order valence-corrected chi connectivity index (χ1v) is 12.0. The Balaban J connectivity index is 1.94. The number of carboxylic acid groups (broad SMARTS) is 2. The number of benzene rings is 2. The van der Waals surface area contributed by atoms with Crippen molar-refractivity contribution in [3.05, 3.63) is 42.5 Å². The van der Waals surface area contributed by atoms with Crippen molar-refractivity contribution >= 4 is 38.9 Å². The zero-order chi connectivity index (χ0) is 25.5. The Hall–Kier alpha value is -3.18. The molecule has 186 valence electrons. The van der Waals surface area contributed by atoms with Gasteiger partial charge in [0.2, 0.25) is 0 Å². The summed E-state index contributed by atoms with van der Waals surface area (Å²) in [5.41, 5.74) is -0.854. The molecule has 0 aliphatic heterocycles. The third-order valence-electron chi connectivity index (χ3n) is 4.80. The topological polar surface area (TPSA) is 156 Å². The lowest BCUT2D eigenvalue weighted by Crippen LogP contribution is -2.45. The molecule has 2 aromatic carbocycles. The van der Waals surface area contributed by atoms with Crippen LogP contribution in [0.15, 0.2) is 47.4 Å². The highest BCUT2D eigenvalue weighted by atomic mass is 32.2. The summed E-state index contributed by atoms with van der Waals surface area (Å²) >= 11 is 0. The summed E-state index contributed by atoms with van der Waals surface area (Å²) in [6, 6.07) is 10.3. The first-order valence-electron chi connectivity index (χ1n) is 10.6. The van der Waals surface area contributed by atoms with Crippen LogP contribution in [0.5, 0.6) is 0 Å². The first-order chi connectivity index (χ1) is 15.8. The minimum atomic E-state index is -4.05. The number of hydrogen-bond donors (Lipinski definition) is 3. The predicted octanol–water partition coefficient (Wildman–Crippen LogP) is 3.39. The quantitative estimate of drug-likeness (QED) is 0.314. The van der Waals surface area contributed by atoms with E-state index in [-0.39, 0.29) is 24.3 Å². The number of carbonyl (C=O) groups is 3. The lowest BCUT2D eigenvalue weighted by Gasteiger charge is -2.23. The monoisotopic (exact) mass is 495 g/mol. The Morgan fingerprint density at radius 1 is 1.00 bits per heavy atom. The molecule has 2 aromatic rings. The van der Waals surface area contributed by atoms with Crippen LogP contribution < -0.4 is 5.32 Å². The summed E-state index contributed by atoms with van der Waals surface area (Å²) < 4.78 is 35.0. The minimum absolute atomic E-state index is 0.0199. The number of nitrogens with one attached hydrogen (secondary N) is 1. The molecule has 0 radical (unpaired) electrons. The van der Waals surface area contributed by atoms with Crippen molar-refractivity contribution < 1.29 is 41.9 Å². The molecule has 0 aromatic heterocycles. The van der Waals surface area contributed by atoms with Crippen LogP contribution in [0.1, 0.15) is 40.0 Å². The van der Waals surface area contributed by atoms with Crippen LogP contribution in [0.25, 0.3) is 10.8 Å². The second kappa shape index (κ2) is 11.3. The van der Waals surface area contributed by atoms with E-state index >= 15 is 0 Å². The summed E-state index contributed by atoms with van der Waals surface area (Å²) in [6.45, 7) is 4.54. The maximum atomic E-state index is 12.5. The molecule has 1 amide bonds. The van der Waals surface area contributed by atoms with Crippen LogP contribution in [0.4, 0.5) is 4.79 Å². The normalized spacial score (nSPS) is 13.7. The lowest BCUT2D eigenvalue weighted by atomic mass is 9.95. The Morgan fingerprint density at radius 2 is 1.65 bits per heavy atom. The molecule has 2 atom stereocenters. The van der Waals surface area contributed by atoms with Crippen LogP contribution in [-0.4, -0.2) is 54.9 Å². The molecule has 34 heavy (non-hydrogen) atoms. The van der Waals surface area contributed by atoms with Crippen molar-refractivity contribution in [1.29, 1.82) is 0 Å². The van der Waals surface area contributed by atoms with Gasteiger partial charge >= 0.3 is 18.0 Å². The average molecular weight is 496 g/mol. The molecule has 0 saturated heterocycles. The second-order valence-corrected chi connectivity index (χ2v) is 10.4. The first kappa shape index (κ1) is 27.1. The summed E-state index contributed by atoms with van der Waals surface area (Å²) in [5.74, 6) is -3.83. The summed E-state index contributed by atoms with van der Waals surface area (Å²) in [7, 11) is -4.05. The molecular weight excluding hydrogens is 466 g/mol. The van der Waals surface area contributed by atoms with Gasteiger partial charge in [-0.1, -0.05) is 30.3 Å². The van der Waals surface area contributed by atoms with Crippen molar-refractivity contribution in [2.45, 2.75) is 56.6 Å². The summed E-state index contributed by atoms with van der Waals surface area (Å²) in [5, 5.41) is 22.6. The highest BCUT2D eigenvalue weighted by molar-refractivity contribution is 7.86. The highest BCUT2D eigenvalue weighted by Gasteiger charge is 2.30. The summed E-state index contributed by atoms with van der Waals surface area (Å²) in [6.07, 6.45) is -1.39. The molecule has 0 bridgehead atoms. The van der Waals surface area contributed by atoms with Gasteiger partial charge in [-0.25, -0.2) is 9.59 Å². The van der Waals surface area contributed by atoms with Gasteiger partial charge in [0.05, 0.1) is 17.4 Å². The smallest absolute Gasteiger partial charge is 0.408 e. The molecule has 0 unspecified atom stereocenters. The number of ether oxygens (including phenoxy) is 1. The largest absolute Gasteiger partial charge is 0.481 e. The van der Waals surface area contributed by atoms with Gasteiger partial charge in [-0.2, -0.15) is 8.42 Å². The average Bonchev–Trinajstić information content (AvgIpc) is 2.73. The molecule has 11 heteroatoms. The number of aliphatic carboxylic acids is 2. The van der Waals surface area contributed by atoms with Crippen LogP contribution >= 0.6 is 0 Å². The van der Waals surface area contributed by atoms with E-state index in [0.29, 0.717) is 0 Å². The fraction of sp³-hybridized carbons (Fsp3) is 0.435.